The Morgan fingerprint density at radius 2 is 2.21 bits per heavy atom. The lowest BCUT2D eigenvalue weighted by Crippen LogP contribution is -2.46. The normalized spacial score (nSPS) is 41.8. The second-order valence-electron chi connectivity index (χ2n) is 6.08. The smallest absolute Gasteiger partial charge is 0.160 e. The molecule has 0 amide bonds. The highest BCUT2D eigenvalue weighted by atomic mass is 16.5. The van der Waals surface area contributed by atoms with Crippen molar-refractivity contribution in [2.24, 2.45) is 0 Å². The molecule has 2 fully saturated rings. The van der Waals surface area contributed by atoms with E-state index in [0.717, 1.165) is 12.0 Å². The summed E-state index contributed by atoms with van der Waals surface area (Å²) in [6.45, 7) is -5.63. The predicted molar refractivity (Wildman–Crippen MR) is 92.6 cm³/mol. The van der Waals surface area contributed by atoms with Gasteiger partial charge in [-0.25, -0.2) is 0 Å². The average Bonchev–Trinajstić information content (AvgIpc) is 2.75. The zero-order valence-electron chi connectivity index (χ0n) is 20.8. The van der Waals surface area contributed by atoms with Crippen LogP contribution in [0.5, 0.6) is 11.5 Å². The minimum atomic E-state index is -3.29. The molecule has 1 saturated heterocycles. The number of methoxy groups -OCH3 is 1. The van der Waals surface area contributed by atoms with E-state index in [2.05, 4.69) is 0 Å². The van der Waals surface area contributed by atoms with Crippen LogP contribution in [0.15, 0.2) is 18.2 Å². The van der Waals surface area contributed by atoms with Gasteiger partial charge in [0, 0.05) is 27.3 Å². The van der Waals surface area contributed by atoms with Crippen molar-refractivity contribution in [1.29, 1.82) is 0 Å². The van der Waals surface area contributed by atoms with Crippen molar-refractivity contribution in [2.45, 2.75) is 56.7 Å². The topological polar surface area (TPSA) is 62.2 Å². The summed E-state index contributed by atoms with van der Waals surface area (Å²) in [5, 5.41) is 20.2. The molecule has 1 heterocycles. The van der Waals surface area contributed by atoms with Gasteiger partial charge in [-0.3, -0.25) is 4.90 Å². The molecule has 134 valence electrons. The number of nitrogens with zero attached hydrogens (tertiary/aromatic N) is 1. The van der Waals surface area contributed by atoms with Crippen LogP contribution in [-0.4, -0.2) is 60.0 Å². The maximum Gasteiger partial charge on any atom is 0.160 e. The van der Waals surface area contributed by atoms with Crippen molar-refractivity contribution in [3.05, 3.63) is 23.8 Å². The highest BCUT2D eigenvalue weighted by Crippen LogP contribution is 2.29. The Morgan fingerprint density at radius 3 is 2.92 bits per heavy atom. The Bertz CT molecular complexity index is 779. The Kier molecular flexibility index (Phi) is 3.63. The summed E-state index contributed by atoms with van der Waals surface area (Å²) >= 11 is 0. The van der Waals surface area contributed by atoms with Crippen LogP contribution >= 0.6 is 0 Å². The predicted octanol–water partition coefficient (Wildman–Crippen LogP) is 2.34. The van der Waals surface area contributed by atoms with Crippen molar-refractivity contribution in [2.75, 3.05) is 26.7 Å². The molecule has 2 aliphatic rings. The number of aliphatic hydroxyl groups is 1. The molecule has 0 aromatic heterocycles. The fourth-order valence-electron chi connectivity index (χ4n) is 3.24. The van der Waals surface area contributed by atoms with Crippen LogP contribution in [0, 0.1) is 0 Å². The number of ether oxygens (including phenoxy) is 2. The van der Waals surface area contributed by atoms with Gasteiger partial charge >= 0.3 is 0 Å². The van der Waals surface area contributed by atoms with Gasteiger partial charge in [0.15, 0.2) is 11.5 Å². The standard InChI is InChI=1S/C19H29NO4/c1-23-19-7-6-14(12-17(19)22)9-11-24-18-5-3-2-4-16(18)20-10-8-15(21)13-20/h6-7,12,15-16,18,21-22H,2-5,8-11,13H2,1H3/t15?,16-,18-/m1/s1/i8D2,10D2,13D2,15D. The summed E-state index contributed by atoms with van der Waals surface area (Å²) in [7, 11) is 1.46. The lowest BCUT2D eigenvalue weighted by atomic mass is 9.91. The second kappa shape index (κ2) is 8.19. The van der Waals surface area contributed by atoms with E-state index >= 15 is 0 Å². The van der Waals surface area contributed by atoms with Crippen LogP contribution in [-0.2, 0) is 11.2 Å². The molecule has 24 heavy (non-hydrogen) atoms. The van der Waals surface area contributed by atoms with Crippen LogP contribution in [0.4, 0.5) is 0 Å². The third kappa shape index (κ3) is 4.21. The molecule has 5 heteroatoms. The minimum Gasteiger partial charge on any atom is -0.504 e. The van der Waals surface area contributed by atoms with E-state index in [9.17, 15) is 10.2 Å². The first-order valence-corrected chi connectivity index (χ1v) is 8.28. The van der Waals surface area contributed by atoms with Gasteiger partial charge in [-0.2, -0.15) is 0 Å². The van der Waals surface area contributed by atoms with E-state index in [1.807, 2.05) is 0 Å². The van der Waals surface area contributed by atoms with Crippen molar-refractivity contribution in [3.63, 3.8) is 0 Å². The van der Waals surface area contributed by atoms with Gasteiger partial charge in [0.2, 0.25) is 0 Å². The van der Waals surface area contributed by atoms with Gasteiger partial charge in [0.05, 0.1) is 27.3 Å². The number of benzene rings is 1. The molecular weight excluding hydrogens is 306 g/mol. The maximum absolute atomic E-state index is 10.3. The van der Waals surface area contributed by atoms with Crippen molar-refractivity contribution < 1.29 is 29.3 Å². The van der Waals surface area contributed by atoms with Gasteiger partial charge in [0.1, 0.15) is 0 Å². The van der Waals surface area contributed by atoms with Crippen LogP contribution in [0.1, 0.15) is 47.2 Å². The summed E-state index contributed by atoms with van der Waals surface area (Å²) in [6, 6.07) is 4.15. The highest BCUT2D eigenvalue weighted by Gasteiger charge is 2.34. The quantitative estimate of drug-likeness (QED) is 0.831. The van der Waals surface area contributed by atoms with Crippen molar-refractivity contribution >= 4 is 0 Å². The lowest BCUT2D eigenvalue weighted by molar-refractivity contribution is -0.0316. The van der Waals surface area contributed by atoms with Crippen LogP contribution in [0.25, 0.3) is 0 Å². The Labute approximate surface area is 154 Å². The molecule has 2 N–H and O–H groups in total. The number of phenols is 1. The zero-order chi connectivity index (χ0) is 23.2. The summed E-state index contributed by atoms with van der Waals surface area (Å²) in [6.07, 6.45) is -4.21. The van der Waals surface area contributed by atoms with E-state index in [0.29, 0.717) is 36.3 Å². The average molecular weight is 342 g/mol. The SMILES string of the molecule is [2H]C1([2H])N([C@@H]2CCCC[C@H]2OCCc2ccc(OC)c(O)c2)C([2H])([2H])C([2H])(O)C1([2H])[2H]. The number of likely N-dealkylation sites (tertiary alicyclic amines) is 1. The van der Waals surface area contributed by atoms with Gasteiger partial charge in [-0.15, -0.1) is 0 Å². The summed E-state index contributed by atoms with van der Waals surface area (Å²) < 4.78 is 67.8. The monoisotopic (exact) mass is 342 g/mol. The van der Waals surface area contributed by atoms with Crippen molar-refractivity contribution in [3.8, 4) is 11.5 Å². The molecule has 1 aromatic rings. The Balaban J connectivity index is 1.77. The Hall–Kier alpha value is -1.30. The summed E-state index contributed by atoms with van der Waals surface area (Å²) in [5.74, 6) is 0.360. The van der Waals surface area contributed by atoms with E-state index < -0.39 is 37.6 Å². The molecule has 1 aliphatic carbocycles. The van der Waals surface area contributed by atoms with Gasteiger partial charge in [0.25, 0.3) is 0 Å². The molecule has 5 nitrogen and oxygen atoms in total. The first kappa shape index (κ1) is 10.6. The highest BCUT2D eigenvalue weighted by molar-refractivity contribution is 5.41. The Morgan fingerprint density at radius 1 is 1.38 bits per heavy atom. The number of rotatable bonds is 6. The van der Waals surface area contributed by atoms with E-state index in [1.165, 1.54) is 7.11 Å². The molecule has 0 spiro atoms. The van der Waals surface area contributed by atoms with E-state index in [4.69, 9.17) is 19.1 Å². The van der Waals surface area contributed by atoms with Crippen LogP contribution < -0.4 is 4.74 Å². The number of aromatic hydroxyl groups is 1. The zero-order valence-corrected chi connectivity index (χ0v) is 13.8. The fourth-order valence-corrected chi connectivity index (χ4v) is 3.24. The first-order valence-electron chi connectivity index (χ1n) is 11.8. The van der Waals surface area contributed by atoms with Gasteiger partial charge in [-0.05, 0) is 43.3 Å². The third-order valence-corrected chi connectivity index (χ3v) is 4.49. The largest absolute Gasteiger partial charge is 0.504 e. The van der Waals surface area contributed by atoms with Gasteiger partial charge in [-0.1, -0.05) is 18.9 Å². The molecular formula is C19H29NO4. The molecule has 1 saturated carbocycles. The number of β-amino-alcohol motifs (C(OH)–C–C–N with tert-alkyl or cyclic N) is 1. The molecule has 0 radical (unpaired) electrons. The lowest BCUT2D eigenvalue weighted by Gasteiger charge is -2.37. The van der Waals surface area contributed by atoms with E-state index in [1.54, 1.807) is 18.2 Å². The fraction of sp³-hybridized carbons (Fsp3) is 0.684. The number of phenolic OH excluding ortho intramolecular Hbond substituents is 1. The summed E-state index contributed by atoms with van der Waals surface area (Å²) in [4.78, 5) is 0.677. The minimum absolute atomic E-state index is 0.00552. The van der Waals surface area contributed by atoms with E-state index in [-0.39, 0.29) is 12.4 Å². The molecule has 3 rings (SSSR count). The maximum atomic E-state index is 10.3. The molecule has 1 aliphatic heterocycles. The van der Waals surface area contributed by atoms with Crippen molar-refractivity contribution in [1.82, 2.24) is 4.90 Å². The molecule has 3 atom stereocenters. The number of hydrogen-bond acceptors (Lipinski definition) is 5. The summed E-state index contributed by atoms with van der Waals surface area (Å²) in [5.41, 5.74) is 0.800. The second-order valence-corrected chi connectivity index (χ2v) is 6.08. The van der Waals surface area contributed by atoms with Crippen LogP contribution in [0.2, 0.25) is 0 Å². The molecule has 1 aromatic carbocycles. The first-order chi connectivity index (χ1) is 14.3. The third-order valence-electron chi connectivity index (χ3n) is 4.49. The number of hydrogen-bond donors (Lipinski definition) is 2. The van der Waals surface area contributed by atoms with Gasteiger partial charge < -0.3 is 19.7 Å². The molecule has 0 bridgehead atoms. The van der Waals surface area contributed by atoms with Crippen LogP contribution in [0.3, 0.4) is 0 Å². The molecule has 1 unspecified atom stereocenters.